The van der Waals surface area contributed by atoms with E-state index in [4.69, 9.17) is 9.36 Å². The molecule has 1 heterocycles. The van der Waals surface area contributed by atoms with Gasteiger partial charge in [0.1, 0.15) is 5.54 Å². The minimum atomic E-state index is -3.76. The normalized spacial score (nSPS) is 16.1. The maximum Gasteiger partial charge on any atom is 0.264 e. The lowest BCUT2D eigenvalue weighted by Crippen LogP contribution is -2.45. The smallest absolute Gasteiger partial charge is 0.264 e. The molecule has 1 aliphatic rings. The second-order valence-electron chi connectivity index (χ2n) is 8.36. The molecule has 1 fully saturated rings. The van der Waals surface area contributed by atoms with E-state index in [2.05, 4.69) is 20.8 Å². The van der Waals surface area contributed by atoms with Crippen molar-refractivity contribution >= 4 is 27.5 Å². The van der Waals surface area contributed by atoms with Gasteiger partial charge in [0, 0.05) is 32.5 Å². The highest BCUT2D eigenvalue weighted by Crippen LogP contribution is 2.34. The van der Waals surface area contributed by atoms with E-state index in [-0.39, 0.29) is 29.6 Å². The van der Waals surface area contributed by atoms with Gasteiger partial charge in [0.05, 0.1) is 12.0 Å². The van der Waals surface area contributed by atoms with Crippen molar-refractivity contribution in [2.75, 3.05) is 19.5 Å². The van der Waals surface area contributed by atoms with Crippen LogP contribution in [0.5, 0.6) is 0 Å². The molecule has 0 saturated heterocycles. The van der Waals surface area contributed by atoms with E-state index in [1.807, 2.05) is 0 Å². The molecular weight excluding hydrogens is 462 g/mol. The van der Waals surface area contributed by atoms with Crippen LogP contribution in [0.15, 0.2) is 33.7 Å². The van der Waals surface area contributed by atoms with Gasteiger partial charge in [-0.25, -0.2) is 8.42 Å². The number of hydroxylamine groups is 1. The average molecular weight is 494 g/mol. The summed E-state index contributed by atoms with van der Waals surface area (Å²) in [5.41, 5.74) is -0.177. The standard InChI is InChI=1S/C22H31N5O6S/c1-16(28)25-22(14-6-4-5-7-15-22)21-24-20(33-26-21)13-12-19(29)23-17-8-10-18(11-9-17)34(30,31)27(2)32-3/h8-11H,4-7,12-15H2,1-3H3,(H,23,29)(H,25,28). The Labute approximate surface area is 199 Å². The van der Waals surface area contributed by atoms with Crippen LogP contribution in [0.3, 0.4) is 0 Å². The first kappa shape index (κ1) is 25.8. The third kappa shape index (κ3) is 6.19. The van der Waals surface area contributed by atoms with Crippen LogP contribution in [0, 0.1) is 0 Å². The minimum Gasteiger partial charge on any atom is -0.343 e. The maximum atomic E-state index is 12.4. The fourth-order valence-corrected chi connectivity index (χ4v) is 5.00. The van der Waals surface area contributed by atoms with E-state index >= 15 is 0 Å². The SMILES string of the molecule is CON(C)S(=O)(=O)c1ccc(NC(=O)CCc2nc(C3(NC(C)=O)CCCCCC3)no2)cc1. The van der Waals surface area contributed by atoms with E-state index < -0.39 is 15.6 Å². The van der Waals surface area contributed by atoms with Gasteiger partial charge in [-0.15, -0.1) is 0 Å². The van der Waals surface area contributed by atoms with Crippen molar-refractivity contribution in [3.63, 3.8) is 0 Å². The summed E-state index contributed by atoms with van der Waals surface area (Å²) in [6.45, 7) is 1.48. The Bertz CT molecular complexity index is 1090. The van der Waals surface area contributed by atoms with Crippen molar-refractivity contribution < 1.29 is 27.4 Å². The van der Waals surface area contributed by atoms with Crippen LogP contribution in [0.2, 0.25) is 0 Å². The second kappa shape index (κ2) is 11.1. The van der Waals surface area contributed by atoms with Gasteiger partial charge in [-0.3, -0.25) is 14.4 Å². The van der Waals surface area contributed by atoms with Gasteiger partial charge in [0.2, 0.25) is 17.7 Å². The van der Waals surface area contributed by atoms with Crippen molar-refractivity contribution in [3.05, 3.63) is 36.0 Å². The number of anilines is 1. The van der Waals surface area contributed by atoms with Crippen LogP contribution < -0.4 is 10.6 Å². The molecule has 1 saturated carbocycles. The number of hydrogen-bond acceptors (Lipinski definition) is 8. The van der Waals surface area contributed by atoms with Crippen LogP contribution in [-0.2, 0) is 36.4 Å². The molecular formula is C22H31N5O6S. The van der Waals surface area contributed by atoms with Gasteiger partial charge in [0.25, 0.3) is 10.0 Å². The van der Waals surface area contributed by atoms with Crippen molar-refractivity contribution in [1.82, 2.24) is 19.9 Å². The summed E-state index contributed by atoms with van der Waals surface area (Å²) in [7, 11) is -1.21. The molecule has 0 radical (unpaired) electrons. The first-order valence-corrected chi connectivity index (χ1v) is 12.6. The number of aryl methyl sites for hydroxylation is 1. The summed E-state index contributed by atoms with van der Waals surface area (Å²) in [5.74, 6) is 0.358. The summed E-state index contributed by atoms with van der Waals surface area (Å²) in [6.07, 6.45) is 5.96. The highest BCUT2D eigenvalue weighted by molar-refractivity contribution is 7.89. The molecule has 3 rings (SSSR count). The Kier molecular flexibility index (Phi) is 8.39. The molecule has 2 N–H and O–H groups in total. The van der Waals surface area contributed by atoms with Crippen LogP contribution in [0.25, 0.3) is 0 Å². The molecule has 1 aromatic heterocycles. The van der Waals surface area contributed by atoms with Crippen LogP contribution in [0.1, 0.15) is 63.6 Å². The molecule has 2 amide bonds. The van der Waals surface area contributed by atoms with Crippen molar-refractivity contribution in [3.8, 4) is 0 Å². The fourth-order valence-electron chi connectivity index (χ4n) is 4.03. The molecule has 186 valence electrons. The number of benzene rings is 1. The quantitative estimate of drug-likeness (QED) is 0.401. The molecule has 12 heteroatoms. The Morgan fingerprint density at radius 2 is 1.79 bits per heavy atom. The monoisotopic (exact) mass is 493 g/mol. The maximum absolute atomic E-state index is 12.4. The molecule has 11 nitrogen and oxygen atoms in total. The zero-order valence-corrected chi connectivity index (χ0v) is 20.5. The van der Waals surface area contributed by atoms with Crippen LogP contribution in [-0.4, -0.2) is 49.0 Å². The number of aromatic nitrogens is 2. The van der Waals surface area contributed by atoms with Crippen LogP contribution in [0.4, 0.5) is 5.69 Å². The lowest BCUT2D eigenvalue weighted by molar-refractivity contribution is -0.121. The highest BCUT2D eigenvalue weighted by Gasteiger charge is 2.38. The highest BCUT2D eigenvalue weighted by atomic mass is 32.2. The van der Waals surface area contributed by atoms with Gasteiger partial charge in [-0.1, -0.05) is 35.3 Å². The molecule has 0 bridgehead atoms. The largest absolute Gasteiger partial charge is 0.343 e. The van der Waals surface area contributed by atoms with E-state index in [9.17, 15) is 18.0 Å². The third-order valence-corrected chi connectivity index (χ3v) is 7.56. The molecule has 34 heavy (non-hydrogen) atoms. The van der Waals surface area contributed by atoms with Crippen LogP contribution >= 0.6 is 0 Å². The Morgan fingerprint density at radius 1 is 1.15 bits per heavy atom. The van der Waals surface area contributed by atoms with Crippen molar-refractivity contribution in [1.29, 1.82) is 0 Å². The molecule has 0 atom stereocenters. The van der Waals surface area contributed by atoms with E-state index in [1.165, 1.54) is 45.3 Å². The fraction of sp³-hybridized carbons (Fsp3) is 0.545. The number of nitrogens with zero attached hydrogens (tertiary/aromatic N) is 3. The van der Waals surface area contributed by atoms with Crippen molar-refractivity contribution in [2.24, 2.45) is 0 Å². The number of carbonyl (C=O) groups is 2. The average Bonchev–Trinajstić information content (AvgIpc) is 3.17. The molecule has 0 spiro atoms. The summed E-state index contributed by atoms with van der Waals surface area (Å²) in [4.78, 5) is 33.5. The number of nitrogens with one attached hydrogen (secondary N) is 2. The topological polar surface area (TPSA) is 144 Å². The number of rotatable bonds is 9. The first-order valence-electron chi connectivity index (χ1n) is 11.2. The molecule has 1 aromatic carbocycles. The summed E-state index contributed by atoms with van der Waals surface area (Å²) in [6, 6.07) is 5.78. The van der Waals surface area contributed by atoms with Gasteiger partial charge in [-0.05, 0) is 37.1 Å². The Morgan fingerprint density at radius 3 is 2.38 bits per heavy atom. The summed E-state index contributed by atoms with van der Waals surface area (Å²) < 4.78 is 30.6. The number of sulfonamides is 1. The molecule has 1 aliphatic carbocycles. The third-order valence-electron chi connectivity index (χ3n) is 5.87. The Balaban J connectivity index is 1.60. The van der Waals surface area contributed by atoms with E-state index in [0.29, 0.717) is 17.4 Å². The summed E-state index contributed by atoms with van der Waals surface area (Å²) >= 11 is 0. The second-order valence-corrected chi connectivity index (χ2v) is 10.3. The van der Waals surface area contributed by atoms with Gasteiger partial charge >= 0.3 is 0 Å². The first-order chi connectivity index (χ1) is 16.2. The Hall–Kier alpha value is -2.83. The molecule has 0 unspecified atom stereocenters. The van der Waals surface area contributed by atoms with E-state index in [0.717, 1.165) is 43.0 Å². The van der Waals surface area contributed by atoms with Gasteiger partial charge < -0.3 is 15.2 Å². The lowest BCUT2D eigenvalue weighted by atomic mass is 9.89. The predicted octanol–water partition coefficient (Wildman–Crippen LogP) is 2.51. The van der Waals surface area contributed by atoms with E-state index in [1.54, 1.807) is 0 Å². The summed E-state index contributed by atoms with van der Waals surface area (Å²) in [5, 5.41) is 9.87. The zero-order chi connectivity index (χ0) is 24.8. The predicted molar refractivity (Wildman–Crippen MR) is 123 cm³/mol. The van der Waals surface area contributed by atoms with Gasteiger partial charge in [-0.2, -0.15) is 4.98 Å². The number of hydrogen-bond donors (Lipinski definition) is 2. The lowest BCUT2D eigenvalue weighted by Gasteiger charge is -2.30. The zero-order valence-electron chi connectivity index (χ0n) is 19.7. The van der Waals surface area contributed by atoms with Crippen molar-refractivity contribution in [2.45, 2.75) is 68.7 Å². The van der Waals surface area contributed by atoms with Gasteiger partial charge in [0.15, 0.2) is 5.82 Å². The molecule has 2 aromatic rings. The molecule has 0 aliphatic heterocycles. The number of carbonyl (C=O) groups excluding carboxylic acids is 2. The minimum absolute atomic E-state index is 0.0415. The number of amides is 2.